The molecule has 1 aliphatic heterocycles. The third kappa shape index (κ3) is 3.03. The van der Waals surface area contributed by atoms with Gasteiger partial charge in [-0.1, -0.05) is 0 Å². The molecule has 1 fully saturated rings. The van der Waals surface area contributed by atoms with Crippen LogP contribution in [-0.4, -0.2) is 39.6 Å². The summed E-state index contributed by atoms with van der Waals surface area (Å²) in [6.07, 6.45) is 7.64. The Balaban J connectivity index is 1.53. The van der Waals surface area contributed by atoms with Crippen molar-refractivity contribution in [1.82, 2.24) is 14.7 Å². The van der Waals surface area contributed by atoms with Crippen molar-refractivity contribution in [2.24, 2.45) is 13.0 Å². The molecule has 1 saturated heterocycles. The van der Waals surface area contributed by atoms with Gasteiger partial charge in [-0.25, -0.2) is 0 Å². The molecule has 116 valence electrons. The molecule has 3 rings (SSSR count). The Morgan fingerprint density at radius 3 is 2.73 bits per heavy atom. The highest BCUT2D eigenvalue weighted by molar-refractivity contribution is 5.95. The minimum Gasteiger partial charge on any atom is -0.472 e. The lowest BCUT2D eigenvalue weighted by atomic mass is 9.95. The molecule has 1 aliphatic rings. The molecule has 0 saturated carbocycles. The number of likely N-dealkylation sites (tertiary alicyclic amines) is 1. The first-order chi connectivity index (χ1) is 10.6. The molecule has 0 radical (unpaired) electrons. The minimum atomic E-state index is -0.0754. The molecule has 0 aliphatic carbocycles. The standard InChI is InChI=1S/C15H18N4O3/c1-18-9-13(8-16-18)17-14(20)11-2-5-19(6-3-11)15(21)12-4-7-22-10-12/h4,7-11H,2-3,5-6H2,1H3,(H,17,20). The van der Waals surface area contributed by atoms with Crippen molar-refractivity contribution in [3.05, 3.63) is 36.5 Å². The van der Waals surface area contributed by atoms with E-state index in [0.717, 1.165) is 0 Å². The van der Waals surface area contributed by atoms with Crippen LogP contribution in [0.3, 0.4) is 0 Å². The van der Waals surface area contributed by atoms with Crippen LogP contribution in [0.2, 0.25) is 0 Å². The van der Waals surface area contributed by atoms with Crippen molar-refractivity contribution >= 4 is 17.5 Å². The maximum Gasteiger partial charge on any atom is 0.257 e. The van der Waals surface area contributed by atoms with Gasteiger partial charge in [0.15, 0.2) is 0 Å². The molecule has 0 spiro atoms. The average Bonchev–Trinajstić information content (AvgIpc) is 3.18. The highest BCUT2D eigenvalue weighted by atomic mass is 16.3. The van der Waals surface area contributed by atoms with E-state index in [0.29, 0.717) is 37.2 Å². The van der Waals surface area contributed by atoms with E-state index >= 15 is 0 Å². The third-order valence-corrected chi connectivity index (χ3v) is 3.89. The number of piperidine rings is 1. The zero-order chi connectivity index (χ0) is 15.5. The van der Waals surface area contributed by atoms with E-state index in [1.54, 1.807) is 35.1 Å². The normalized spacial score (nSPS) is 15.8. The Bertz CT molecular complexity index is 654. The van der Waals surface area contributed by atoms with Gasteiger partial charge in [-0.05, 0) is 18.9 Å². The highest BCUT2D eigenvalue weighted by Gasteiger charge is 2.28. The molecule has 0 aromatic carbocycles. The van der Waals surface area contributed by atoms with E-state index in [9.17, 15) is 9.59 Å². The van der Waals surface area contributed by atoms with Gasteiger partial charge in [-0.15, -0.1) is 0 Å². The third-order valence-electron chi connectivity index (χ3n) is 3.89. The van der Waals surface area contributed by atoms with Crippen LogP contribution in [0.5, 0.6) is 0 Å². The van der Waals surface area contributed by atoms with Gasteiger partial charge in [0.2, 0.25) is 5.91 Å². The summed E-state index contributed by atoms with van der Waals surface area (Å²) < 4.78 is 6.58. The molecule has 1 N–H and O–H groups in total. The number of nitrogens with one attached hydrogen (secondary N) is 1. The number of hydrogen-bond donors (Lipinski definition) is 1. The van der Waals surface area contributed by atoms with Crippen molar-refractivity contribution in [1.29, 1.82) is 0 Å². The van der Waals surface area contributed by atoms with Crippen LogP contribution in [0, 0.1) is 5.92 Å². The first kappa shape index (κ1) is 14.4. The molecule has 0 atom stereocenters. The summed E-state index contributed by atoms with van der Waals surface area (Å²) in [5, 5.41) is 6.88. The summed E-state index contributed by atoms with van der Waals surface area (Å²) >= 11 is 0. The van der Waals surface area contributed by atoms with Crippen molar-refractivity contribution < 1.29 is 14.0 Å². The SMILES string of the molecule is Cn1cc(NC(=O)C2CCN(C(=O)c3ccoc3)CC2)cn1. The number of furan rings is 1. The van der Waals surface area contributed by atoms with Gasteiger partial charge in [0.25, 0.3) is 5.91 Å². The number of nitrogens with zero attached hydrogens (tertiary/aromatic N) is 3. The summed E-state index contributed by atoms with van der Waals surface area (Å²) in [6.45, 7) is 1.16. The van der Waals surface area contributed by atoms with Gasteiger partial charge in [0, 0.05) is 32.3 Å². The molecule has 3 heterocycles. The molecule has 22 heavy (non-hydrogen) atoms. The Morgan fingerprint density at radius 1 is 1.36 bits per heavy atom. The van der Waals surface area contributed by atoms with Crippen LogP contribution in [0.1, 0.15) is 23.2 Å². The number of carbonyl (C=O) groups excluding carboxylic acids is 2. The molecule has 0 bridgehead atoms. The quantitative estimate of drug-likeness (QED) is 0.932. The number of aryl methyl sites for hydroxylation is 1. The van der Waals surface area contributed by atoms with E-state index < -0.39 is 0 Å². The van der Waals surface area contributed by atoms with Crippen LogP contribution < -0.4 is 5.32 Å². The van der Waals surface area contributed by atoms with E-state index in [1.165, 1.54) is 12.5 Å². The van der Waals surface area contributed by atoms with Crippen LogP contribution in [-0.2, 0) is 11.8 Å². The van der Waals surface area contributed by atoms with Crippen molar-refractivity contribution in [2.75, 3.05) is 18.4 Å². The van der Waals surface area contributed by atoms with Crippen LogP contribution >= 0.6 is 0 Å². The number of carbonyl (C=O) groups is 2. The van der Waals surface area contributed by atoms with Crippen molar-refractivity contribution in [3.63, 3.8) is 0 Å². The summed E-state index contributed by atoms with van der Waals surface area (Å²) in [5.41, 5.74) is 1.25. The second kappa shape index (κ2) is 6.05. The van der Waals surface area contributed by atoms with E-state index in [4.69, 9.17) is 4.42 Å². The van der Waals surface area contributed by atoms with Gasteiger partial charge in [0.05, 0.1) is 23.7 Å². The fourth-order valence-corrected chi connectivity index (χ4v) is 2.64. The smallest absolute Gasteiger partial charge is 0.257 e. The number of rotatable bonds is 3. The molecule has 2 amide bonds. The summed E-state index contributed by atoms with van der Waals surface area (Å²) in [5.74, 6) is -0.128. The second-order valence-corrected chi connectivity index (χ2v) is 5.47. The minimum absolute atomic E-state index is 0.0107. The summed E-state index contributed by atoms with van der Waals surface area (Å²) in [7, 11) is 1.80. The van der Waals surface area contributed by atoms with Crippen molar-refractivity contribution in [2.45, 2.75) is 12.8 Å². The molecule has 7 nitrogen and oxygen atoms in total. The predicted molar refractivity (Wildman–Crippen MR) is 79.2 cm³/mol. The fourth-order valence-electron chi connectivity index (χ4n) is 2.64. The summed E-state index contributed by atoms with van der Waals surface area (Å²) in [6, 6.07) is 1.66. The second-order valence-electron chi connectivity index (χ2n) is 5.47. The lowest BCUT2D eigenvalue weighted by Gasteiger charge is -2.31. The molecule has 2 aromatic rings. The van der Waals surface area contributed by atoms with Crippen LogP contribution in [0.25, 0.3) is 0 Å². The lowest BCUT2D eigenvalue weighted by molar-refractivity contribution is -0.121. The van der Waals surface area contributed by atoms with Gasteiger partial charge < -0.3 is 14.6 Å². The number of aromatic nitrogens is 2. The maximum atomic E-state index is 12.2. The maximum absolute atomic E-state index is 12.2. The Hall–Kier alpha value is -2.57. The van der Waals surface area contributed by atoms with Gasteiger partial charge >= 0.3 is 0 Å². The Morgan fingerprint density at radius 2 is 2.14 bits per heavy atom. The topological polar surface area (TPSA) is 80.4 Å². The lowest BCUT2D eigenvalue weighted by Crippen LogP contribution is -2.41. The molecule has 2 aromatic heterocycles. The zero-order valence-electron chi connectivity index (χ0n) is 12.4. The molecular weight excluding hydrogens is 284 g/mol. The number of amides is 2. The first-order valence-corrected chi connectivity index (χ1v) is 7.24. The van der Waals surface area contributed by atoms with Gasteiger partial charge in [0.1, 0.15) is 6.26 Å². The van der Waals surface area contributed by atoms with Crippen molar-refractivity contribution in [3.8, 4) is 0 Å². The Labute approximate surface area is 127 Å². The average molecular weight is 302 g/mol. The van der Waals surface area contributed by atoms with E-state index in [2.05, 4.69) is 10.4 Å². The highest BCUT2D eigenvalue weighted by Crippen LogP contribution is 2.21. The largest absolute Gasteiger partial charge is 0.472 e. The predicted octanol–water partition coefficient (Wildman–Crippen LogP) is 1.50. The van der Waals surface area contributed by atoms with Crippen LogP contribution in [0.15, 0.2) is 35.4 Å². The molecule has 7 heteroatoms. The first-order valence-electron chi connectivity index (χ1n) is 7.24. The fraction of sp³-hybridized carbons (Fsp3) is 0.400. The van der Waals surface area contributed by atoms with Gasteiger partial charge in [-0.3, -0.25) is 14.3 Å². The summed E-state index contributed by atoms with van der Waals surface area (Å²) in [4.78, 5) is 26.2. The van der Waals surface area contributed by atoms with Crippen LogP contribution in [0.4, 0.5) is 5.69 Å². The number of anilines is 1. The van der Waals surface area contributed by atoms with Gasteiger partial charge in [-0.2, -0.15) is 5.10 Å². The zero-order valence-corrected chi connectivity index (χ0v) is 12.4. The van der Waals surface area contributed by atoms with E-state index in [1.807, 2.05) is 0 Å². The monoisotopic (exact) mass is 302 g/mol. The molecular formula is C15H18N4O3. The number of hydrogen-bond acceptors (Lipinski definition) is 4. The van der Waals surface area contributed by atoms with E-state index in [-0.39, 0.29) is 17.7 Å². The Kier molecular flexibility index (Phi) is 3.95. The molecule has 0 unspecified atom stereocenters.